The number of ether oxygens (including phenoxy) is 1. The Morgan fingerprint density at radius 2 is 1.69 bits per heavy atom. The molecule has 7 nitrogen and oxygen atoms in total. The summed E-state index contributed by atoms with van der Waals surface area (Å²) >= 11 is 0. The highest BCUT2D eigenvalue weighted by Crippen LogP contribution is 2.13. The van der Waals surface area contributed by atoms with Gasteiger partial charge in [-0.25, -0.2) is 9.18 Å². The summed E-state index contributed by atoms with van der Waals surface area (Å²) in [5.41, 5.74) is 1.96. The Kier molecular flexibility index (Phi) is 6.47. The summed E-state index contributed by atoms with van der Waals surface area (Å²) in [5, 5.41) is 13.6. The third-order valence-corrected chi connectivity index (χ3v) is 3.94. The quantitative estimate of drug-likeness (QED) is 0.594. The predicted molar refractivity (Wildman–Crippen MR) is 106 cm³/mol. The molecule has 8 heteroatoms. The highest BCUT2D eigenvalue weighted by Gasteiger charge is 2.10. The molecule has 2 N–H and O–H groups in total. The first-order valence-electron chi connectivity index (χ1n) is 8.95. The fourth-order valence-corrected chi connectivity index (χ4v) is 2.44. The van der Waals surface area contributed by atoms with Gasteiger partial charge in [-0.15, -0.1) is 10.2 Å². The standard InChI is InChI=1S/C21H19FN4O3/c1-2-29-21(28)15-5-9-17(10-6-15)24-20(27)18-11-12-19(26-25-18)23-13-14-3-7-16(22)8-4-14/h3-12H,2,13H2,1H3,(H,23,26)(H,24,27). The van der Waals surface area contributed by atoms with Crippen molar-refractivity contribution in [3.63, 3.8) is 0 Å². The van der Waals surface area contributed by atoms with Crippen molar-refractivity contribution in [3.05, 3.63) is 83.3 Å². The molecule has 0 aliphatic carbocycles. The molecule has 3 aromatic rings. The van der Waals surface area contributed by atoms with E-state index in [2.05, 4.69) is 20.8 Å². The number of carbonyl (C=O) groups is 2. The van der Waals surface area contributed by atoms with E-state index in [1.54, 1.807) is 55.5 Å². The van der Waals surface area contributed by atoms with Gasteiger partial charge >= 0.3 is 5.97 Å². The molecule has 1 aromatic heterocycles. The summed E-state index contributed by atoms with van der Waals surface area (Å²) in [6.45, 7) is 2.48. The Morgan fingerprint density at radius 3 is 2.31 bits per heavy atom. The number of nitrogens with one attached hydrogen (secondary N) is 2. The zero-order valence-electron chi connectivity index (χ0n) is 15.7. The lowest BCUT2D eigenvalue weighted by atomic mass is 10.2. The van der Waals surface area contributed by atoms with Crippen LogP contribution in [0.5, 0.6) is 0 Å². The highest BCUT2D eigenvalue weighted by atomic mass is 19.1. The number of rotatable bonds is 7. The highest BCUT2D eigenvalue weighted by molar-refractivity contribution is 6.03. The van der Waals surface area contributed by atoms with Crippen LogP contribution < -0.4 is 10.6 Å². The van der Waals surface area contributed by atoms with Gasteiger partial charge in [0.25, 0.3) is 5.91 Å². The van der Waals surface area contributed by atoms with Gasteiger partial charge in [-0.2, -0.15) is 0 Å². The van der Waals surface area contributed by atoms with Gasteiger partial charge in [0, 0.05) is 12.2 Å². The van der Waals surface area contributed by atoms with E-state index < -0.39 is 11.9 Å². The van der Waals surface area contributed by atoms with Gasteiger partial charge in [-0.05, 0) is 61.0 Å². The van der Waals surface area contributed by atoms with E-state index in [4.69, 9.17) is 4.74 Å². The van der Waals surface area contributed by atoms with Crippen LogP contribution in [-0.2, 0) is 11.3 Å². The number of carbonyl (C=O) groups excluding carboxylic acids is 2. The Bertz CT molecular complexity index is 974. The van der Waals surface area contributed by atoms with Gasteiger partial charge in [-0.3, -0.25) is 4.79 Å². The largest absolute Gasteiger partial charge is 0.462 e. The van der Waals surface area contributed by atoms with E-state index in [1.165, 1.54) is 12.1 Å². The zero-order valence-corrected chi connectivity index (χ0v) is 15.7. The molecule has 0 unspecified atom stereocenters. The molecule has 0 fully saturated rings. The molecule has 0 atom stereocenters. The molecule has 29 heavy (non-hydrogen) atoms. The summed E-state index contributed by atoms with van der Waals surface area (Å²) in [6.07, 6.45) is 0. The molecule has 0 spiro atoms. The maximum atomic E-state index is 12.9. The fraction of sp³-hybridized carbons (Fsp3) is 0.143. The lowest BCUT2D eigenvalue weighted by Crippen LogP contribution is -2.15. The first-order valence-corrected chi connectivity index (χ1v) is 8.95. The van der Waals surface area contributed by atoms with E-state index in [0.29, 0.717) is 30.2 Å². The number of esters is 1. The van der Waals surface area contributed by atoms with E-state index in [9.17, 15) is 14.0 Å². The Labute approximate surface area is 166 Å². The fourth-order valence-electron chi connectivity index (χ4n) is 2.44. The van der Waals surface area contributed by atoms with Gasteiger partial charge in [0.2, 0.25) is 0 Å². The molecule has 1 amide bonds. The maximum absolute atomic E-state index is 12.9. The van der Waals surface area contributed by atoms with Gasteiger partial charge in [0.15, 0.2) is 5.69 Å². The van der Waals surface area contributed by atoms with Gasteiger partial charge in [0.1, 0.15) is 11.6 Å². The second-order valence-corrected chi connectivity index (χ2v) is 6.04. The summed E-state index contributed by atoms with van der Waals surface area (Å²) in [4.78, 5) is 23.9. The molecule has 148 valence electrons. The average molecular weight is 394 g/mol. The van der Waals surface area contributed by atoms with Crippen molar-refractivity contribution in [2.45, 2.75) is 13.5 Å². The van der Waals surface area contributed by atoms with Crippen molar-refractivity contribution < 1.29 is 18.7 Å². The Morgan fingerprint density at radius 1 is 0.966 bits per heavy atom. The van der Waals surface area contributed by atoms with Crippen LogP contribution in [0.1, 0.15) is 33.3 Å². The predicted octanol–water partition coefficient (Wildman–Crippen LogP) is 3.66. The molecule has 0 aliphatic rings. The van der Waals surface area contributed by atoms with Crippen LogP contribution in [0, 0.1) is 5.82 Å². The number of benzene rings is 2. The SMILES string of the molecule is CCOC(=O)c1ccc(NC(=O)c2ccc(NCc3ccc(F)cc3)nn2)cc1. The van der Waals surface area contributed by atoms with Crippen LogP contribution in [0.25, 0.3) is 0 Å². The number of halogens is 1. The first-order chi connectivity index (χ1) is 14.0. The Balaban J connectivity index is 1.55. The van der Waals surface area contributed by atoms with Crippen LogP contribution in [0.15, 0.2) is 60.7 Å². The molecule has 2 aromatic carbocycles. The summed E-state index contributed by atoms with van der Waals surface area (Å²) in [5.74, 6) is -0.643. The molecule has 0 saturated heterocycles. The minimum atomic E-state index is -0.425. The van der Waals surface area contributed by atoms with E-state index in [0.717, 1.165) is 5.56 Å². The van der Waals surface area contributed by atoms with Crippen LogP contribution in [0.2, 0.25) is 0 Å². The van der Waals surface area contributed by atoms with Crippen LogP contribution in [0.3, 0.4) is 0 Å². The van der Waals surface area contributed by atoms with Crippen molar-refractivity contribution in [2.75, 3.05) is 17.2 Å². The minimum Gasteiger partial charge on any atom is -0.462 e. The van der Waals surface area contributed by atoms with Crippen molar-refractivity contribution in [2.24, 2.45) is 0 Å². The molecule has 0 radical (unpaired) electrons. The summed E-state index contributed by atoms with van der Waals surface area (Å²) in [6, 6.07) is 15.6. The summed E-state index contributed by atoms with van der Waals surface area (Å²) < 4.78 is 17.8. The zero-order chi connectivity index (χ0) is 20.6. The molecule has 1 heterocycles. The van der Waals surface area contributed by atoms with E-state index >= 15 is 0 Å². The molecule has 0 bridgehead atoms. The number of hydrogen-bond donors (Lipinski definition) is 2. The van der Waals surface area contributed by atoms with Crippen LogP contribution in [0.4, 0.5) is 15.9 Å². The van der Waals surface area contributed by atoms with E-state index in [1.807, 2.05) is 0 Å². The molecular formula is C21H19FN4O3. The van der Waals surface area contributed by atoms with Gasteiger partial charge in [0.05, 0.1) is 12.2 Å². The molecule has 0 saturated carbocycles. The lowest BCUT2D eigenvalue weighted by molar-refractivity contribution is 0.0526. The second-order valence-electron chi connectivity index (χ2n) is 6.04. The normalized spacial score (nSPS) is 10.3. The van der Waals surface area contributed by atoms with Crippen molar-refractivity contribution in [1.29, 1.82) is 0 Å². The van der Waals surface area contributed by atoms with Crippen LogP contribution in [-0.4, -0.2) is 28.7 Å². The third-order valence-electron chi connectivity index (χ3n) is 3.94. The number of anilines is 2. The van der Waals surface area contributed by atoms with Crippen molar-refractivity contribution >= 4 is 23.4 Å². The number of nitrogens with zero attached hydrogens (tertiary/aromatic N) is 2. The molecule has 3 rings (SSSR count). The van der Waals surface area contributed by atoms with Crippen molar-refractivity contribution in [3.8, 4) is 0 Å². The van der Waals surface area contributed by atoms with Gasteiger partial charge in [-0.1, -0.05) is 12.1 Å². The topological polar surface area (TPSA) is 93.2 Å². The third kappa shape index (κ3) is 5.58. The minimum absolute atomic E-state index is 0.145. The van der Waals surface area contributed by atoms with Crippen LogP contribution >= 0.6 is 0 Å². The van der Waals surface area contributed by atoms with Gasteiger partial charge < -0.3 is 15.4 Å². The molecular weight excluding hydrogens is 375 g/mol. The Hall–Kier alpha value is -3.81. The second kappa shape index (κ2) is 9.41. The monoisotopic (exact) mass is 394 g/mol. The lowest BCUT2D eigenvalue weighted by Gasteiger charge is -2.07. The molecule has 0 aliphatic heterocycles. The number of amides is 1. The summed E-state index contributed by atoms with van der Waals surface area (Å²) in [7, 11) is 0. The average Bonchev–Trinajstić information content (AvgIpc) is 2.74. The number of aromatic nitrogens is 2. The van der Waals surface area contributed by atoms with E-state index in [-0.39, 0.29) is 11.5 Å². The smallest absolute Gasteiger partial charge is 0.338 e. The maximum Gasteiger partial charge on any atom is 0.338 e. The first kappa shape index (κ1) is 19.9. The number of hydrogen-bond acceptors (Lipinski definition) is 6. The van der Waals surface area contributed by atoms with Crippen molar-refractivity contribution in [1.82, 2.24) is 10.2 Å².